The Kier molecular flexibility index (Phi) is 4.38. The molecule has 114 valence electrons. The van der Waals surface area contributed by atoms with Gasteiger partial charge in [0.05, 0.1) is 0 Å². The molecule has 0 spiro atoms. The summed E-state index contributed by atoms with van der Waals surface area (Å²) in [6.07, 6.45) is 23.5. The minimum absolute atomic E-state index is 0.116. The summed E-state index contributed by atoms with van der Waals surface area (Å²) < 4.78 is 0. The standard InChI is InChI=1S/C20H29P/c1-3-9-16(10-4-1)19-15-20(17-11-5-2-6-12-17)21(19)18-13-7-8-14-18/h7-8,13,16-17,19-20H,1-6,9-12,15H2/t19-,20-/m1/s1. The third-order valence-corrected chi connectivity index (χ3v) is 9.97. The van der Waals surface area contributed by atoms with E-state index in [1.54, 1.807) is 11.7 Å². The minimum atomic E-state index is 0.116. The van der Waals surface area contributed by atoms with E-state index in [0.29, 0.717) is 0 Å². The lowest BCUT2D eigenvalue weighted by atomic mass is 9.80. The quantitative estimate of drug-likeness (QED) is 0.419. The molecule has 1 heteroatoms. The van der Waals surface area contributed by atoms with Gasteiger partial charge in [0, 0.05) is 5.31 Å². The Balaban J connectivity index is 1.50. The van der Waals surface area contributed by atoms with Gasteiger partial charge in [-0.25, -0.2) is 0 Å². The van der Waals surface area contributed by atoms with Crippen molar-refractivity contribution in [2.75, 3.05) is 0 Å². The van der Waals surface area contributed by atoms with Crippen LogP contribution in [0.3, 0.4) is 0 Å². The second kappa shape index (κ2) is 6.44. The average molecular weight is 300 g/mol. The molecule has 21 heavy (non-hydrogen) atoms. The highest BCUT2D eigenvalue weighted by Gasteiger charge is 2.48. The second-order valence-corrected chi connectivity index (χ2v) is 10.3. The molecule has 0 unspecified atom stereocenters. The fourth-order valence-corrected chi connectivity index (χ4v) is 9.01. The van der Waals surface area contributed by atoms with Gasteiger partial charge in [0.2, 0.25) is 0 Å². The van der Waals surface area contributed by atoms with Gasteiger partial charge in [0.15, 0.2) is 0 Å². The molecular formula is C20H29P. The Morgan fingerprint density at radius 2 is 1.38 bits per heavy atom. The lowest BCUT2D eigenvalue weighted by Gasteiger charge is -2.53. The van der Waals surface area contributed by atoms with Crippen LogP contribution in [0.5, 0.6) is 0 Å². The van der Waals surface area contributed by atoms with Crippen molar-refractivity contribution in [2.45, 2.75) is 81.9 Å². The van der Waals surface area contributed by atoms with E-state index in [9.17, 15) is 0 Å². The smallest absolute Gasteiger partial charge is 0.0180 e. The van der Waals surface area contributed by atoms with Crippen LogP contribution in [-0.2, 0) is 0 Å². The molecule has 0 aromatic rings. The van der Waals surface area contributed by atoms with Crippen molar-refractivity contribution in [1.82, 2.24) is 0 Å². The molecule has 0 aromatic carbocycles. The zero-order valence-corrected chi connectivity index (χ0v) is 14.2. The van der Waals surface area contributed by atoms with Gasteiger partial charge in [-0.1, -0.05) is 52.5 Å². The van der Waals surface area contributed by atoms with E-state index in [1.807, 2.05) is 0 Å². The van der Waals surface area contributed by atoms with E-state index in [4.69, 9.17) is 0 Å². The van der Waals surface area contributed by atoms with Crippen molar-refractivity contribution in [3.8, 4) is 0 Å². The third-order valence-electron chi connectivity index (χ3n) is 6.45. The third kappa shape index (κ3) is 2.83. The van der Waals surface area contributed by atoms with Crippen LogP contribution in [0.4, 0.5) is 0 Å². The summed E-state index contributed by atoms with van der Waals surface area (Å²) in [5, 5.41) is 1.63. The molecule has 0 N–H and O–H groups in total. The summed E-state index contributed by atoms with van der Waals surface area (Å²) in [6, 6.07) is 0. The zero-order chi connectivity index (χ0) is 14.1. The topological polar surface area (TPSA) is 0 Å². The van der Waals surface area contributed by atoms with Crippen molar-refractivity contribution in [3.63, 3.8) is 0 Å². The summed E-state index contributed by atoms with van der Waals surface area (Å²) >= 11 is 0. The average Bonchev–Trinajstić information content (AvgIpc) is 3.02. The normalized spacial score (nSPS) is 35.0. The molecule has 4 aliphatic rings. The largest absolute Gasteiger partial charge is 0.112 e. The van der Waals surface area contributed by atoms with Gasteiger partial charge in [-0.3, -0.25) is 0 Å². The molecule has 1 aliphatic heterocycles. The molecule has 0 nitrogen and oxygen atoms in total. The molecule has 2 saturated carbocycles. The van der Waals surface area contributed by atoms with E-state index in [-0.39, 0.29) is 7.92 Å². The number of hydrogen-bond donors (Lipinski definition) is 0. The van der Waals surface area contributed by atoms with E-state index < -0.39 is 0 Å². The van der Waals surface area contributed by atoms with Crippen LogP contribution < -0.4 is 0 Å². The Morgan fingerprint density at radius 1 is 0.810 bits per heavy atom. The van der Waals surface area contributed by atoms with Gasteiger partial charge in [0.25, 0.3) is 0 Å². The lowest BCUT2D eigenvalue weighted by Crippen LogP contribution is -2.41. The first-order chi connectivity index (χ1) is 10.4. The van der Waals surface area contributed by atoms with Gasteiger partial charge in [0.1, 0.15) is 0 Å². The van der Waals surface area contributed by atoms with Gasteiger partial charge < -0.3 is 0 Å². The van der Waals surface area contributed by atoms with Crippen LogP contribution >= 0.6 is 7.92 Å². The fourth-order valence-electron chi connectivity index (χ4n) is 5.30. The Hall–Kier alpha value is -0.310. The molecule has 2 atom stereocenters. The van der Waals surface area contributed by atoms with Crippen molar-refractivity contribution >= 4 is 7.92 Å². The van der Waals surface area contributed by atoms with Crippen molar-refractivity contribution < 1.29 is 0 Å². The molecular weight excluding hydrogens is 271 g/mol. The predicted octanol–water partition coefficient (Wildman–Crippen LogP) is 6.38. The summed E-state index contributed by atoms with van der Waals surface area (Å²) in [7, 11) is 0.116. The monoisotopic (exact) mass is 300 g/mol. The van der Waals surface area contributed by atoms with Gasteiger partial charge in [-0.05, 0) is 67.4 Å². The number of hydrogen-bond acceptors (Lipinski definition) is 0. The fraction of sp³-hybridized carbons (Fsp3) is 0.750. The predicted molar refractivity (Wildman–Crippen MR) is 93.0 cm³/mol. The molecule has 0 bridgehead atoms. The summed E-state index contributed by atoms with van der Waals surface area (Å²) in [5.41, 5.74) is 5.73. The second-order valence-electron chi connectivity index (χ2n) is 7.63. The van der Waals surface area contributed by atoms with E-state index in [0.717, 1.165) is 23.2 Å². The Morgan fingerprint density at radius 3 is 1.86 bits per heavy atom. The molecule has 0 amide bonds. The highest BCUT2D eigenvalue weighted by molar-refractivity contribution is 7.65. The van der Waals surface area contributed by atoms with Crippen LogP contribution in [0, 0.1) is 11.8 Å². The Labute approximate surface area is 131 Å². The first-order valence-electron chi connectivity index (χ1n) is 9.35. The van der Waals surface area contributed by atoms with Gasteiger partial charge in [-0.2, -0.15) is 0 Å². The van der Waals surface area contributed by atoms with E-state index in [2.05, 4.69) is 24.0 Å². The maximum absolute atomic E-state index is 3.61. The molecule has 3 aliphatic carbocycles. The summed E-state index contributed by atoms with van der Waals surface area (Å²) in [6.45, 7) is 0. The minimum Gasteiger partial charge on any atom is -0.112 e. The molecule has 1 saturated heterocycles. The van der Waals surface area contributed by atoms with Crippen molar-refractivity contribution in [2.24, 2.45) is 11.8 Å². The van der Waals surface area contributed by atoms with Crippen LogP contribution in [0.1, 0.15) is 70.6 Å². The SMILES string of the molecule is C1=CC=CC=1P1[C@@H](C2CCCCC2)C[C@@H]1C1CCCCC1. The molecule has 0 aromatic heterocycles. The summed E-state index contributed by atoms with van der Waals surface area (Å²) in [5.74, 6) is 2.13. The van der Waals surface area contributed by atoms with Crippen molar-refractivity contribution in [3.05, 3.63) is 29.3 Å². The maximum Gasteiger partial charge on any atom is 0.0180 e. The number of allylic oxidation sites excluding steroid dienone is 3. The molecule has 4 rings (SSSR count). The van der Waals surface area contributed by atoms with Gasteiger partial charge >= 0.3 is 0 Å². The first-order valence-corrected chi connectivity index (χ1v) is 10.8. The van der Waals surface area contributed by atoms with Crippen LogP contribution in [0.2, 0.25) is 0 Å². The number of rotatable bonds is 3. The Bertz CT molecular complexity index is 432. The molecule has 1 heterocycles. The first kappa shape index (κ1) is 14.3. The van der Waals surface area contributed by atoms with Crippen LogP contribution in [0.15, 0.2) is 29.3 Å². The molecule has 3 fully saturated rings. The summed E-state index contributed by atoms with van der Waals surface area (Å²) in [4.78, 5) is 0. The van der Waals surface area contributed by atoms with E-state index in [1.165, 1.54) is 64.2 Å². The lowest BCUT2D eigenvalue weighted by molar-refractivity contribution is 0.275. The highest BCUT2D eigenvalue weighted by atomic mass is 31.1. The van der Waals surface area contributed by atoms with Crippen molar-refractivity contribution in [1.29, 1.82) is 0 Å². The van der Waals surface area contributed by atoms with Crippen LogP contribution in [0.25, 0.3) is 0 Å². The zero-order valence-electron chi connectivity index (χ0n) is 13.3. The highest BCUT2D eigenvalue weighted by Crippen LogP contribution is 2.71. The van der Waals surface area contributed by atoms with Gasteiger partial charge in [-0.15, -0.1) is 5.73 Å². The maximum atomic E-state index is 3.61. The van der Waals surface area contributed by atoms with Crippen LogP contribution in [-0.4, -0.2) is 11.3 Å². The molecule has 0 radical (unpaired) electrons. The van der Waals surface area contributed by atoms with E-state index >= 15 is 0 Å².